The van der Waals surface area contributed by atoms with Crippen LogP contribution in [-0.2, 0) is 14.3 Å². The summed E-state index contributed by atoms with van der Waals surface area (Å²) in [6, 6.07) is 0. The Hall–Kier alpha value is -0.860. The molecule has 0 unspecified atom stereocenters. The summed E-state index contributed by atoms with van der Waals surface area (Å²) in [6.45, 7) is 9.37. The molecule has 5 rings (SSSR count). The zero-order valence-corrected chi connectivity index (χ0v) is 17.1. The molecule has 5 aliphatic rings. The van der Waals surface area contributed by atoms with Gasteiger partial charge in [-0.05, 0) is 78.9 Å². The van der Waals surface area contributed by atoms with Crippen molar-refractivity contribution in [1.29, 1.82) is 0 Å². The van der Waals surface area contributed by atoms with Crippen LogP contribution >= 0.6 is 0 Å². The van der Waals surface area contributed by atoms with Crippen molar-refractivity contribution >= 4 is 11.8 Å². The van der Waals surface area contributed by atoms with Crippen molar-refractivity contribution < 1.29 is 14.3 Å². The third-order valence-corrected chi connectivity index (χ3v) is 10.5. The van der Waals surface area contributed by atoms with Crippen LogP contribution in [0.5, 0.6) is 0 Å². The van der Waals surface area contributed by atoms with Gasteiger partial charge < -0.3 is 4.74 Å². The molecule has 1 spiro atoms. The van der Waals surface area contributed by atoms with Crippen LogP contribution in [0, 0.1) is 51.2 Å². The van der Waals surface area contributed by atoms with Gasteiger partial charge in [-0.1, -0.05) is 27.2 Å². The monoisotopic (exact) mass is 358 g/mol. The number of carbonyl (C=O) groups is 2. The van der Waals surface area contributed by atoms with Gasteiger partial charge in [0.25, 0.3) is 0 Å². The number of ether oxygens (including phenoxy) is 1. The fourth-order valence-corrected chi connectivity index (χ4v) is 10.2. The van der Waals surface area contributed by atoms with Gasteiger partial charge in [-0.2, -0.15) is 0 Å². The van der Waals surface area contributed by atoms with Gasteiger partial charge in [-0.15, -0.1) is 0 Å². The first-order valence-electron chi connectivity index (χ1n) is 10.8. The van der Waals surface area contributed by atoms with Crippen molar-refractivity contribution in [3.63, 3.8) is 0 Å². The lowest BCUT2D eigenvalue weighted by Gasteiger charge is -2.59. The molecule has 144 valence electrons. The zero-order chi connectivity index (χ0) is 18.7. The van der Waals surface area contributed by atoms with E-state index in [9.17, 15) is 9.59 Å². The molecule has 0 aromatic carbocycles. The number of ketones is 1. The molecule has 0 N–H and O–H groups in total. The SMILES string of the molecule is COC(=O)[C@]1(C)CCC[C@]2(C)[C@H]3C[C@@H]4CC(=O)[C@@H]5[C@@]3(CC[C@H]21)[C@@]45C(C)C. The lowest BCUT2D eigenvalue weighted by atomic mass is 9.45. The first-order chi connectivity index (χ1) is 12.2. The maximum Gasteiger partial charge on any atom is 0.311 e. The minimum atomic E-state index is -0.343. The summed E-state index contributed by atoms with van der Waals surface area (Å²) >= 11 is 0. The third-order valence-electron chi connectivity index (χ3n) is 10.5. The number of fused-ring (bicyclic) bond motifs is 2. The zero-order valence-electron chi connectivity index (χ0n) is 17.1. The summed E-state index contributed by atoms with van der Waals surface area (Å²) in [7, 11) is 1.54. The van der Waals surface area contributed by atoms with Crippen LogP contribution in [0.2, 0.25) is 0 Å². The van der Waals surface area contributed by atoms with E-state index in [1.54, 1.807) is 7.11 Å². The molecule has 5 saturated carbocycles. The Bertz CT molecular complexity index is 698. The average molecular weight is 359 g/mol. The van der Waals surface area contributed by atoms with Crippen molar-refractivity contribution in [2.24, 2.45) is 51.2 Å². The van der Waals surface area contributed by atoms with Crippen LogP contribution in [0.3, 0.4) is 0 Å². The quantitative estimate of drug-likeness (QED) is 0.676. The molecule has 0 aromatic heterocycles. The van der Waals surface area contributed by atoms with Crippen molar-refractivity contribution in [2.75, 3.05) is 7.11 Å². The highest BCUT2D eigenvalue weighted by atomic mass is 16.5. The topological polar surface area (TPSA) is 43.4 Å². The highest BCUT2D eigenvalue weighted by molar-refractivity contribution is 5.91. The van der Waals surface area contributed by atoms with Crippen molar-refractivity contribution in [3.8, 4) is 0 Å². The Morgan fingerprint density at radius 1 is 1.15 bits per heavy atom. The molecule has 3 heteroatoms. The molecule has 0 radical (unpaired) electrons. The predicted molar refractivity (Wildman–Crippen MR) is 99.2 cm³/mol. The first kappa shape index (κ1) is 17.3. The smallest absolute Gasteiger partial charge is 0.311 e. The fraction of sp³-hybridized carbons (Fsp3) is 0.913. The van der Waals surface area contributed by atoms with Gasteiger partial charge in [0.2, 0.25) is 0 Å². The number of carbonyl (C=O) groups excluding carboxylic acids is 2. The number of hydrogen-bond acceptors (Lipinski definition) is 3. The van der Waals surface area contributed by atoms with Crippen molar-refractivity contribution in [3.05, 3.63) is 0 Å². The molecule has 5 fully saturated rings. The van der Waals surface area contributed by atoms with Gasteiger partial charge in [0.1, 0.15) is 5.78 Å². The molecule has 0 heterocycles. The van der Waals surface area contributed by atoms with E-state index in [4.69, 9.17) is 4.74 Å². The molecular weight excluding hydrogens is 324 g/mol. The molecule has 5 aliphatic carbocycles. The lowest BCUT2D eigenvalue weighted by molar-refractivity contribution is -0.175. The summed E-state index contributed by atoms with van der Waals surface area (Å²) in [5.41, 5.74) is 0.403. The summed E-state index contributed by atoms with van der Waals surface area (Å²) in [5, 5.41) is 0. The summed E-state index contributed by atoms with van der Waals surface area (Å²) in [4.78, 5) is 25.7. The highest BCUT2D eigenvalue weighted by Crippen LogP contribution is 2.93. The second kappa shape index (κ2) is 4.75. The number of Topliss-reactive ketones (excluding diaryl/α,β-unsaturated/α-hetero) is 1. The third kappa shape index (κ3) is 1.46. The van der Waals surface area contributed by atoms with E-state index in [2.05, 4.69) is 27.7 Å². The summed E-state index contributed by atoms with van der Waals surface area (Å²) in [6.07, 6.45) is 7.61. The molecular formula is C23H34O3. The Morgan fingerprint density at radius 2 is 1.88 bits per heavy atom. The van der Waals surface area contributed by atoms with Crippen LogP contribution < -0.4 is 0 Å². The van der Waals surface area contributed by atoms with E-state index >= 15 is 0 Å². The van der Waals surface area contributed by atoms with E-state index in [1.807, 2.05) is 0 Å². The van der Waals surface area contributed by atoms with E-state index < -0.39 is 0 Å². The van der Waals surface area contributed by atoms with Crippen LogP contribution in [0.1, 0.15) is 72.6 Å². The van der Waals surface area contributed by atoms with E-state index in [1.165, 1.54) is 12.8 Å². The largest absolute Gasteiger partial charge is 0.469 e. The number of methoxy groups -OCH3 is 1. The average Bonchev–Trinajstić information content (AvgIpc) is 2.98. The Balaban J connectivity index is 1.60. The second-order valence-electron chi connectivity index (χ2n) is 11.1. The Labute approximate surface area is 157 Å². The number of hydrogen-bond donors (Lipinski definition) is 0. The van der Waals surface area contributed by atoms with E-state index in [0.717, 1.165) is 32.1 Å². The Morgan fingerprint density at radius 3 is 2.50 bits per heavy atom. The lowest BCUT2D eigenvalue weighted by Crippen LogP contribution is -2.55. The summed E-state index contributed by atoms with van der Waals surface area (Å²) in [5.74, 6) is 3.14. The van der Waals surface area contributed by atoms with Gasteiger partial charge in [0.15, 0.2) is 0 Å². The molecule has 0 aromatic rings. The molecule has 0 bridgehead atoms. The van der Waals surface area contributed by atoms with Crippen LogP contribution in [0.15, 0.2) is 0 Å². The maximum atomic E-state index is 12.9. The first-order valence-corrected chi connectivity index (χ1v) is 10.8. The standard InChI is InChI=1S/C23H34O3/c1-13(2)23-14-11-15(24)18(23)22(23)10-7-16-20(3,17(22)12-14)8-6-9-21(16,4)19(25)26-5/h13-14,16-18H,6-12H2,1-5H3/t14-,16+,17+,18+,20-,21+,22-,23-/m0/s1. The van der Waals surface area contributed by atoms with Crippen LogP contribution in [0.25, 0.3) is 0 Å². The van der Waals surface area contributed by atoms with Crippen molar-refractivity contribution in [2.45, 2.75) is 72.6 Å². The molecule has 26 heavy (non-hydrogen) atoms. The van der Waals surface area contributed by atoms with Gasteiger partial charge in [0.05, 0.1) is 12.5 Å². The fourth-order valence-electron chi connectivity index (χ4n) is 10.2. The normalized spacial score (nSPS) is 56.8. The van der Waals surface area contributed by atoms with Gasteiger partial charge >= 0.3 is 5.97 Å². The summed E-state index contributed by atoms with van der Waals surface area (Å²) < 4.78 is 5.27. The van der Waals surface area contributed by atoms with Crippen LogP contribution in [-0.4, -0.2) is 18.9 Å². The van der Waals surface area contributed by atoms with Crippen molar-refractivity contribution in [1.82, 2.24) is 0 Å². The molecule has 8 atom stereocenters. The van der Waals surface area contributed by atoms with Crippen LogP contribution in [0.4, 0.5) is 0 Å². The number of esters is 1. The van der Waals surface area contributed by atoms with Gasteiger partial charge in [-0.25, -0.2) is 0 Å². The molecule has 0 aliphatic heterocycles. The highest BCUT2D eigenvalue weighted by Gasteiger charge is 2.92. The Kier molecular flexibility index (Phi) is 3.16. The minimum Gasteiger partial charge on any atom is -0.469 e. The minimum absolute atomic E-state index is 0.00709. The van der Waals surface area contributed by atoms with Gasteiger partial charge in [0, 0.05) is 12.3 Å². The molecule has 0 saturated heterocycles. The van der Waals surface area contributed by atoms with Gasteiger partial charge in [-0.3, -0.25) is 9.59 Å². The van der Waals surface area contributed by atoms with E-state index in [0.29, 0.717) is 40.8 Å². The maximum absolute atomic E-state index is 12.9. The predicted octanol–water partition coefficient (Wildman–Crippen LogP) is 4.63. The molecule has 0 amide bonds. The second-order valence-corrected chi connectivity index (χ2v) is 11.1. The molecule has 3 nitrogen and oxygen atoms in total. The number of rotatable bonds is 2. The van der Waals surface area contributed by atoms with E-state index in [-0.39, 0.29) is 22.2 Å².